The van der Waals surface area contributed by atoms with Crippen LogP contribution in [-0.2, 0) is 16.0 Å². The van der Waals surface area contributed by atoms with Crippen molar-refractivity contribution in [1.29, 1.82) is 5.26 Å². The molecule has 146 valence electrons. The number of aryl methyl sites for hydroxylation is 1. The molecule has 1 heterocycles. The van der Waals surface area contributed by atoms with Crippen molar-refractivity contribution in [3.63, 3.8) is 0 Å². The summed E-state index contributed by atoms with van der Waals surface area (Å²) in [5.74, 6) is -1.27. The van der Waals surface area contributed by atoms with E-state index >= 15 is 0 Å². The predicted octanol–water partition coefficient (Wildman–Crippen LogP) is 1.84. The molecule has 8 heteroatoms. The van der Waals surface area contributed by atoms with Gasteiger partial charge >= 0.3 is 0 Å². The summed E-state index contributed by atoms with van der Waals surface area (Å²) < 4.78 is 13.2. The lowest BCUT2D eigenvalue weighted by atomic mass is 9.98. The fourth-order valence-electron chi connectivity index (χ4n) is 3.03. The maximum absolute atomic E-state index is 13.2. The van der Waals surface area contributed by atoms with Crippen LogP contribution in [0.4, 0.5) is 10.1 Å². The third-order valence-corrected chi connectivity index (χ3v) is 4.53. The van der Waals surface area contributed by atoms with Crippen LogP contribution in [0.1, 0.15) is 35.2 Å². The molecule has 0 spiro atoms. The Morgan fingerprint density at radius 1 is 1.21 bits per heavy atom. The van der Waals surface area contributed by atoms with Crippen molar-refractivity contribution in [3.05, 3.63) is 62.8 Å². The van der Waals surface area contributed by atoms with Crippen LogP contribution in [0.15, 0.2) is 29.1 Å². The monoisotopic (exact) mass is 384 g/mol. The van der Waals surface area contributed by atoms with Crippen LogP contribution in [0, 0.1) is 31.0 Å². The van der Waals surface area contributed by atoms with Gasteiger partial charge in [0, 0.05) is 30.8 Å². The number of nitrogens with one attached hydrogen (secondary N) is 1. The van der Waals surface area contributed by atoms with Crippen LogP contribution in [0.3, 0.4) is 0 Å². The molecule has 0 radical (unpaired) electrons. The minimum atomic E-state index is -0.550. The van der Waals surface area contributed by atoms with Crippen molar-refractivity contribution in [1.82, 2.24) is 4.98 Å². The highest BCUT2D eigenvalue weighted by molar-refractivity contribution is 5.94. The van der Waals surface area contributed by atoms with Gasteiger partial charge < -0.3 is 15.6 Å². The quantitative estimate of drug-likeness (QED) is 0.757. The minimum Gasteiger partial charge on any atom is -0.370 e. The molecule has 1 aromatic carbocycles. The largest absolute Gasteiger partial charge is 0.370 e. The lowest BCUT2D eigenvalue weighted by Gasteiger charge is -2.23. The Balaban J connectivity index is 2.24. The second-order valence-corrected chi connectivity index (χ2v) is 6.41. The summed E-state index contributed by atoms with van der Waals surface area (Å²) in [6, 6.07) is 7.26. The van der Waals surface area contributed by atoms with E-state index in [-0.39, 0.29) is 30.9 Å². The summed E-state index contributed by atoms with van der Waals surface area (Å²) in [5, 5.41) is 9.15. The highest BCUT2D eigenvalue weighted by atomic mass is 19.1. The van der Waals surface area contributed by atoms with Crippen molar-refractivity contribution in [2.75, 3.05) is 11.4 Å². The normalized spacial score (nSPS) is 10.4. The molecule has 0 aliphatic rings. The van der Waals surface area contributed by atoms with E-state index in [0.29, 0.717) is 23.4 Å². The van der Waals surface area contributed by atoms with Gasteiger partial charge in [-0.3, -0.25) is 14.4 Å². The number of hydrogen-bond donors (Lipinski definition) is 2. The topological polar surface area (TPSA) is 120 Å². The molecule has 2 rings (SSSR count). The molecule has 0 aliphatic carbocycles. The molecular weight excluding hydrogens is 363 g/mol. The van der Waals surface area contributed by atoms with Crippen LogP contribution in [0.2, 0.25) is 0 Å². The number of primary amides is 1. The summed E-state index contributed by atoms with van der Waals surface area (Å²) in [6.07, 6.45) is 0.351. The van der Waals surface area contributed by atoms with Gasteiger partial charge in [0.05, 0.1) is 0 Å². The predicted molar refractivity (Wildman–Crippen MR) is 102 cm³/mol. The standard InChI is InChI=1S/C20H21FN4O3/c1-12-16(13(2)24-20(28)17(12)11-22)7-8-19(27)25(10-9-18(23)26)15-5-3-14(21)4-6-15/h3-6H,7-10H2,1-2H3,(H2,23,26)(H,24,28). The van der Waals surface area contributed by atoms with E-state index in [1.807, 2.05) is 6.07 Å². The summed E-state index contributed by atoms with van der Waals surface area (Å²) in [7, 11) is 0. The number of aromatic amines is 1. The Bertz CT molecular complexity index is 990. The number of aromatic nitrogens is 1. The number of halogens is 1. The van der Waals surface area contributed by atoms with Crippen LogP contribution < -0.4 is 16.2 Å². The number of carbonyl (C=O) groups is 2. The van der Waals surface area contributed by atoms with Crippen molar-refractivity contribution >= 4 is 17.5 Å². The molecule has 0 aliphatic heterocycles. The van der Waals surface area contributed by atoms with Gasteiger partial charge in [0.25, 0.3) is 5.56 Å². The first kappa shape index (κ1) is 20.8. The van der Waals surface area contributed by atoms with E-state index in [1.165, 1.54) is 29.2 Å². The number of anilines is 1. The van der Waals surface area contributed by atoms with Gasteiger partial charge in [-0.25, -0.2) is 4.39 Å². The lowest BCUT2D eigenvalue weighted by Crippen LogP contribution is -2.34. The van der Waals surface area contributed by atoms with Crippen LogP contribution in [0.25, 0.3) is 0 Å². The molecule has 0 atom stereocenters. The maximum Gasteiger partial charge on any atom is 0.266 e. The number of nitrogens with two attached hydrogens (primary N) is 1. The zero-order chi connectivity index (χ0) is 20.8. The van der Waals surface area contributed by atoms with E-state index in [0.717, 1.165) is 5.56 Å². The first-order valence-corrected chi connectivity index (χ1v) is 8.71. The lowest BCUT2D eigenvalue weighted by molar-refractivity contribution is -0.119. The molecule has 7 nitrogen and oxygen atoms in total. The zero-order valence-corrected chi connectivity index (χ0v) is 15.7. The summed E-state index contributed by atoms with van der Waals surface area (Å²) in [6.45, 7) is 3.46. The smallest absolute Gasteiger partial charge is 0.266 e. The number of nitriles is 1. The number of amides is 2. The van der Waals surface area contributed by atoms with Gasteiger partial charge in [0.15, 0.2) is 0 Å². The summed E-state index contributed by atoms with van der Waals surface area (Å²) >= 11 is 0. The van der Waals surface area contributed by atoms with Gasteiger partial charge in [0.1, 0.15) is 17.4 Å². The second-order valence-electron chi connectivity index (χ2n) is 6.41. The molecule has 2 aromatic rings. The Hall–Kier alpha value is -3.47. The van der Waals surface area contributed by atoms with Crippen molar-refractivity contribution in [3.8, 4) is 6.07 Å². The Labute approximate surface area is 161 Å². The van der Waals surface area contributed by atoms with E-state index in [9.17, 15) is 18.8 Å². The van der Waals surface area contributed by atoms with Crippen LogP contribution >= 0.6 is 0 Å². The number of nitrogens with zero attached hydrogens (tertiary/aromatic N) is 2. The number of benzene rings is 1. The van der Waals surface area contributed by atoms with Crippen molar-refractivity contribution < 1.29 is 14.0 Å². The number of carbonyl (C=O) groups excluding carboxylic acids is 2. The third kappa shape index (κ3) is 4.82. The first-order chi connectivity index (χ1) is 13.2. The van der Waals surface area contributed by atoms with E-state index < -0.39 is 17.3 Å². The van der Waals surface area contributed by atoms with Crippen LogP contribution in [-0.4, -0.2) is 23.3 Å². The minimum absolute atomic E-state index is 0.0252. The number of pyridine rings is 1. The van der Waals surface area contributed by atoms with Gasteiger partial charge in [-0.05, 0) is 55.7 Å². The second kappa shape index (κ2) is 8.95. The highest BCUT2D eigenvalue weighted by Gasteiger charge is 2.19. The molecule has 3 N–H and O–H groups in total. The Morgan fingerprint density at radius 2 is 1.86 bits per heavy atom. The molecule has 0 unspecified atom stereocenters. The van der Waals surface area contributed by atoms with E-state index in [4.69, 9.17) is 11.0 Å². The molecule has 0 saturated carbocycles. The molecule has 0 fully saturated rings. The SMILES string of the molecule is Cc1[nH]c(=O)c(C#N)c(C)c1CCC(=O)N(CCC(N)=O)c1ccc(F)cc1. The van der Waals surface area contributed by atoms with Gasteiger partial charge in [0.2, 0.25) is 11.8 Å². The zero-order valence-electron chi connectivity index (χ0n) is 15.7. The molecule has 0 saturated heterocycles. The van der Waals surface area contributed by atoms with Crippen LogP contribution in [0.5, 0.6) is 0 Å². The molecule has 2 amide bonds. The van der Waals surface area contributed by atoms with Crippen molar-refractivity contribution in [2.45, 2.75) is 33.1 Å². The summed E-state index contributed by atoms with van der Waals surface area (Å²) in [4.78, 5) is 39.8. The number of hydrogen-bond acceptors (Lipinski definition) is 4. The molecular formula is C20H21FN4O3. The Morgan fingerprint density at radius 3 is 2.43 bits per heavy atom. The Kier molecular flexibility index (Phi) is 6.66. The number of H-pyrrole nitrogens is 1. The molecule has 28 heavy (non-hydrogen) atoms. The summed E-state index contributed by atoms with van der Waals surface area (Å²) in [5.41, 5.74) is 7.08. The van der Waals surface area contributed by atoms with Gasteiger partial charge in [-0.1, -0.05) is 0 Å². The van der Waals surface area contributed by atoms with E-state index in [1.54, 1.807) is 13.8 Å². The molecule has 1 aromatic heterocycles. The van der Waals surface area contributed by atoms with Gasteiger partial charge in [-0.2, -0.15) is 5.26 Å². The third-order valence-electron chi connectivity index (χ3n) is 4.53. The maximum atomic E-state index is 13.2. The highest BCUT2D eigenvalue weighted by Crippen LogP contribution is 2.19. The molecule has 0 bridgehead atoms. The number of rotatable bonds is 7. The average Bonchev–Trinajstić information content (AvgIpc) is 2.63. The fourth-order valence-corrected chi connectivity index (χ4v) is 3.03. The van der Waals surface area contributed by atoms with E-state index in [2.05, 4.69) is 4.98 Å². The first-order valence-electron chi connectivity index (χ1n) is 8.71. The fraction of sp³-hybridized carbons (Fsp3) is 0.300. The average molecular weight is 384 g/mol. The van der Waals surface area contributed by atoms with Crippen molar-refractivity contribution in [2.24, 2.45) is 5.73 Å². The van der Waals surface area contributed by atoms with Gasteiger partial charge in [-0.15, -0.1) is 0 Å².